The number of carbonyl (C=O) groups is 1. The second-order valence-corrected chi connectivity index (χ2v) is 8.72. The Kier molecular flexibility index (Phi) is 6.00. The summed E-state index contributed by atoms with van der Waals surface area (Å²) in [5.41, 5.74) is 0.00616. The summed E-state index contributed by atoms with van der Waals surface area (Å²) in [6.45, 7) is 8.98. The van der Waals surface area contributed by atoms with Crippen LogP contribution in [0.3, 0.4) is 0 Å². The van der Waals surface area contributed by atoms with Crippen molar-refractivity contribution >= 4 is 17.4 Å². The van der Waals surface area contributed by atoms with Crippen molar-refractivity contribution in [3.63, 3.8) is 0 Å². The molecule has 2 amide bonds. The second-order valence-electron chi connectivity index (χ2n) is 7.66. The highest BCUT2D eigenvalue weighted by Gasteiger charge is 2.26. The van der Waals surface area contributed by atoms with Crippen LogP contribution < -0.4 is 5.32 Å². The molecule has 1 fully saturated rings. The maximum Gasteiger partial charge on any atom is 0.317 e. The molecule has 0 radical (unpaired) electrons. The van der Waals surface area contributed by atoms with Crippen LogP contribution >= 0.6 is 11.3 Å². The van der Waals surface area contributed by atoms with Crippen molar-refractivity contribution < 1.29 is 4.79 Å². The molecule has 0 spiro atoms. The Balaban J connectivity index is 1.84. The smallest absolute Gasteiger partial charge is 0.317 e. The second kappa shape index (κ2) is 7.60. The van der Waals surface area contributed by atoms with Crippen LogP contribution in [0.4, 0.5) is 4.79 Å². The first-order valence-electron chi connectivity index (χ1n) is 8.62. The summed E-state index contributed by atoms with van der Waals surface area (Å²) >= 11 is 1.57. The first kappa shape index (κ1) is 18.2. The molecule has 1 saturated carbocycles. The third kappa shape index (κ3) is 4.90. The van der Waals surface area contributed by atoms with Gasteiger partial charge in [-0.1, -0.05) is 51.4 Å². The molecule has 6 heteroatoms. The maximum atomic E-state index is 12.4. The number of aromatic nitrogens is 2. The van der Waals surface area contributed by atoms with E-state index in [-0.39, 0.29) is 17.5 Å². The van der Waals surface area contributed by atoms with E-state index in [0.717, 1.165) is 10.0 Å². The van der Waals surface area contributed by atoms with Crippen molar-refractivity contribution in [1.29, 1.82) is 0 Å². The lowest BCUT2D eigenvalue weighted by molar-refractivity contribution is 0.156. The van der Waals surface area contributed by atoms with Gasteiger partial charge in [-0.05, 0) is 25.7 Å². The number of hydrogen-bond donors (Lipinski definition) is 1. The molecule has 1 aromatic rings. The van der Waals surface area contributed by atoms with Gasteiger partial charge in [0.2, 0.25) is 0 Å². The number of rotatable bonds is 4. The Morgan fingerprint density at radius 3 is 2.52 bits per heavy atom. The maximum absolute atomic E-state index is 12.4. The predicted molar refractivity (Wildman–Crippen MR) is 94.6 cm³/mol. The zero-order chi connectivity index (χ0) is 17.0. The first-order valence-corrected chi connectivity index (χ1v) is 9.44. The van der Waals surface area contributed by atoms with E-state index in [9.17, 15) is 4.79 Å². The third-order valence-corrected chi connectivity index (χ3v) is 6.11. The largest absolute Gasteiger partial charge is 0.331 e. The fourth-order valence-corrected chi connectivity index (χ4v) is 3.86. The fourth-order valence-electron chi connectivity index (χ4n) is 3.02. The molecule has 1 aromatic heterocycles. The predicted octanol–water partition coefficient (Wildman–Crippen LogP) is 3.95. The Morgan fingerprint density at radius 1 is 1.30 bits per heavy atom. The molecule has 0 saturated heterocycles. The van der Waals surface area contributed by atoms with Crippen molar-refractivity contribution in [2.45, 2.75) is 77.8 Å². The first-order chi connectivity index (χ1) is 10.8. The molecular formula is C17H30N4OS. The molecule has 1 unspecified atom stereocenters. The van der Waals surface area contributed by atoms with Gasteiger partial charge in [-0.15, -0.1) is 10.2 Å². The summed E-state index contributed by atoms with van der Waals surface area (Å²) < 4.78 is 0. The number of amides is 2. The summed E-state index contributed by atoms with van der Waals surface area (Å²) in [6, 6.07) is 0.269. The van der Waals surface area contributed by atoms with E-state index >= 15 is 0 Å². The number of nitrogens with zero attached hydrogens (tertiary/aromatic N) is 3. The minimum atomic E-state index is -0.0180. The zero-order valence-electron chi connectivity index (χ0n) is 15.1. The molecule has 23 heavy (non-hydrogen) atoms. The van der Waals surface area contributed by atoms with Gasteiger partial charge in [-0.25, -0.2) is 4.79 Å². The van der Waals surface area contributed by atoms with Crippen LogP contribution in [0.1, 0.15) is 69.8 Å². The zero-order valence-corrected chi connectivity index (χ0v) is 15.9. The molecule has 1 aliphatic carbocycles. The van der Waals surface area contributed by atoms with Crippen molar-refractivity contribution in [3.8, 4) is 0 Å². The number of hydrogen-bond acceptors (Lipinski definition) is 4. The van der Waals surface area contributed by atoms with Crippen LogP contribution in [0, 0.1) is 5.92 Å². The van der Waals surface area contributed by atoms with E-state index in [1.54, 1.807) is 11.3 Å². The standard InChI is InChI=1S/C17H30N4OS/c1-12(13-9-7-6-8-10-13)21(5)16(22)18-11-14-19-20-15(23-14)17(2,3)4/h12-13H,6-11H2,1-5H3,(H,18,22). The molecule has 0 aromatic carbocycles. The molecule has 0 bridgehead atoms. The molecule has 1 aliphatic rings. The highest BCUT2D eigenvalue weighted by atomic mass is 32.1. The average Bonchev–Trinajstić information content (AvgIpc) is 3.01. The Labute approximate surface area is 143 Å². The summed E-state index contributed by atoms with van der Waals surface area (Å²) in [5, 5.41) is 13.3. The van der Waals surface area contributed by atoms with Crippen LogP contribution in [-0.2, 0) is 12.0 Å². The normalized spacial score (nSPS) is 17.8. The Bertz CT molecular complexity index is 517. The van der Waals surface area contributed by atoms with Crippen molar-refractivity contribution in [3.05, 3.63) is 10.0 Å². The molecule has 1 N–H and O–H groups in total. The molecule has 130 valence electrons. The average molecular weight is 339 g/mol. The minimum Gasteiger partial charge on any atom is -0.331 e. The summed E-state index contributed by atoms with van der Waals surface area (Å²) in [6.07, 6.45) is 6.41. The highest BCUT2D eigenvalue weighted by Crippen LogP contribution is 2.28. The van der Waals surface area contributed by atoms with E-state index in [1.807, 2.05) is 11.9 Å². The fraction of sp³-hybridized carbons (Fsp3) is 0.824. The number of carbonyl (C=O) groups excluding carboxylic acids is 1. The van der Waals surface area contributed by atoms with E-state index in [2.05, 4.69) is 43.2 Å². The van der Waals surface area contributed by atoms with E-state index in [1.165, 1.54) is 32.1 Å². The van der Waals surface area contributed by atoms with E-state index in [0.29, 0.717) is 12.5 Å². The van der Waals surface area contributed by atoms with Crippen LogP contribution in [0.5, 0.6) is 0 Å². The van der Waals surface area contributed by atoms with Crippen LogP contribution in [-0.4, -0.2) is 34.2 Å². The van der Waals surface area contributed by atoms with Crippen molar-refractivity contribution in [2.24, 2.45) is 5.92 Å². The van der Waals surface area contributed by atoms with Gasteiger partial charge in [0.15, 0.2) is 0 Å². The third-order valence-electron chi connectivity index (χ3n) is 4.76. The lowest BCUT2D eigenvalue weighted by Crippen LogP contribution is -2.45. The van der Waals surface area contributed by atoms with Crippen LogP contribution in [0.2, 0.25) is 0 Å². The quantitative estimate of drug-likeness (QED) is 0.904. The minimum absolute atomic E-state index is 0.00616. The summed E-state index contributed by atoms with van der Waals surface area (Å²) in [5.74, 6) is 0.633. The van der Waals surface area contributed by atoms with Gasteiger partial charge in [-0.3, -0.25) is 0 Å². The molecule has 1 atom stereocenters. The Hall–Kier alpha value is -1.17. The van der Waals surface area contributed by atoms with Crippen LogP contribution in [0.15, 0.2) is 0 Å². The molecule has 0 aliphatic heterocycles. The number of urea groups is 1. The topological polar surface area (TPSA) is 58.1 Å². The molecule has 1 heterocycles. The van der Waals surface area contributed by atoms with Gasteiger partial charge < -0.3 is 10.2 Å². The monoisotopic (exact) mass is 338 g/mol. The van der Waals surface area contributed by atoms with Crippen molar-refractivity contribution in [2.75, 3.05) is 7.05 Å². The highest BCUT2D eigenvalue weighted by molar-refractivity contribution is 7.11. The van der Waals surface area contributed by atoms with Gasteiger partial charge in [0, 0.05) is 18.5 Å². The van der Waals surface area contributed by atoms with Gasteiger partial charge in [0.25, 0.3) is 0 Å². The van der Waals surface area contributed by atoms with Crippen LogP contribution in [0.25, 0.3) is 0 Å². The van der Waals surface area contributed by atoms with E-state index < -0.39 is 0 Å². The Morgan fingerprint density at radius 2 is 1.96 bits per heavy atom. The van der Waals surface area contributed by atoms with E-state index in [4.69, 9.17) is 0 Å². The van der Waals surface area contributed by atoms with Gasteiger partial charge in [-0.2, -0.15) is 0 Å². The van der Waals surface area contributed by atoms with Gasteiger partial charge in [0.05, 0.1) is 6.54 Å². The molecule has 2 rings (SSSR count). The molecule has 5 nitrogen and oxygen atoms in total. The van der Waals surface area contributed by atoms with Crippen molar-refractivity contribution in [1.82, 2.24) is 20.4 Å². The van der Waals surface area contributed by atoms with Gasteiger partial charge >= 0.3 is 6.03 Å². The number of nitrogens with one attached hydrogen (secondary N) is 1. The SMILES string of the molecule is CC(C1CCCCC1)N(C)C(=O)NCc1nnc(C(C)(C)C)s1. The lowest BCUT2D eigenvalue weighted by Gasteiger charge is -2.34. The van der Waals surface area contributed by atoms with Gasteiger partial charge in [0.1, 0.15) is 10.0 Å². The lowest BCUT2D eigenvalue weighted by atomic mass is 9.84. The summed E-state index contributed by atoms with van der Waals surface area (Å²) in [7, 11) is 1.90. The molecular weight excluding hydrogens is 308 g/mol. The summed E-state index contributed by atoms with van der Waals surface area (Å²) in [4.78, 5) is 14.2.